The quantitative estimate of drug-likeness (QED) is 0.372. The summed E-state index contributed by atoms with van der Waals surface area (Å²) in [7, 11) is 1.38. The van der Waals surface area contributed by atoms with Crippen LogP contribution in [0.25, 0.3) is 28.2 Å². The lowest BCUT2D eigenvalue weighted by Crippen LogP contribution is -2.48. The van der Waals surface area contributed by atoms with Gasteiger partial charge in [-0.2, -0.15) is 0 Å². The summed E-state index contributed by atoms with van der Waals surface area (Å²) in [6, 6.07) is 10.6. The Balaban J connectivity index is 1.57. The van der Waals surface area contributed by atoms with Crippen LogP contribution >= 0.6 is 0 Å². The zero-order valence-electron chi connectivity index (χ0n) is 22.8. The lowest BCUT2D eigenvalue weighted by atomic mass is 9.81. The van der Waals surface area contributed by atoms with Gasteiger partial charge in [0.25, 0.3) is 5.91 Å². The molecule has 6 nitrogen and oxygen atoms in total. The molecule has 3 aromatic rings. The molecule has 2 aliphatic heterocycles. The van der Waals surface area contributed by atoms with Crippen LogP contribution in [0.4, 0.5) is 4.39 Å². The first-order valence-corrected chi connectivity index (χ1v) is 14.0. The average Bonchev–Trinajstić information content (AvgIpc) is 3.14. The lowest BCUT2D eigenvalue weighted by Gasteiger charge is -2.35. The van der Waals surface area contributed by atoms with E-state index in [1.165, 1.54) is 44.1 Å². The van der Waals surface area contributed by atoms with E-state index < -0.39 is 5.97 Å². The summed E-state index contributed by atoms with van der Waals surface area (Å²) in [6.45, 7) is 5.30. The fourth-order valence-electron chi connectivity index (χ4n) is 6.83. The molecule has 0 unspecified atom stereocenters. The Bertz CT molecular complexity index is 1470. The zero-order valence-corrected chi connectivity index (χ0v) is 22.8. The molecule has 0 spiro atoms. The van der Waals surface area contributed by atoms with Crippen LogP contribution in [-0.2, 0) is 20.8 Å². The van der Waals surface area contributed by atoms with Gasteiger partial charge in [0, 0.05) is 35.1 Å². The Labute approximate surface area is 228 Å². The van der Waals surface area contributed by atoms with Crippen LogP contribution in [0.1, 0.15) is 73.4 Å². The molecular weight excluding hydrogens is 495 g/mol. The van der Waals surface area contributed by atoms with Crippen LogP contribution < -0.4 is 0 Å². The molecule has 1 aliphatic carbocycles. The summed E-state index contributed by atoms with van der Waals surface area (Å²) >= 11 is 0. The average molecular weight is 531 g/mol. The second-order valence-corrected chi connectivity index (χ2v) is 11.3. The first-order valence-electron chi connectivity index (χ1n) is 14.0. The maximum Gasteiger partial charge on any atom is 0.337 e. The molecule has 39 heavy (non-hydrogen) atoms. The second kappa shape index (κ2) is 10.3. The number of rotatable bonds is 3. The molecule has 2 atom stereocenters. The van der Waals surface area contributed by atoms with Crippen LogP contribution in [0.3, 0.4) is 0 Å². The van der Waals surface area contributed by atoms with Gasteiger partial charge in [-0.3, -0.25) is 4.79 Å². The molecule has 2 aromatic carbocycles. The number of carbonyl (C=O) groups is 2. The van der Waals surface area contributed by atoms with Crippen LogP contribution in [-0.4, -0.2) is 53.8 Å². The number of fused-ring (bicyclic) bond motifs is 5. The van der Waals surface area contributed by atoms with Crippen LogP contribution in [0.15, 0.2) is 42.0 Å². The molecule has 6 rings (SSSR count). The third-order valence-corrected chi connectivity index (χ3v) is 8.45. The summed E-state index contributed by atoms with van der Waals surface area (Å²) in [5, 5.41) is 1.09. The Kier molecular flexibility index (Phi) is 6.79. The fraction of sp³-hybridized carbons (Fsp3) is 0.438. The highest BCUT2D eigenvalue weighted by Gasteiger charge is 2.33. The Morgan fingerprint density at radius 2 is 1.74 bits per heavy atom. The van der Waals surface area contributed by atoms with Crippen molar-refractivity contribution in [2.75, 3.05) is 20.2 Å². The topological polar surface area (TPSA) is 60.8 Å². The Hall–Kier alpha value is -3.45. The molecule has 1 amide bonds. The van der Waals surface area contributed by atoms with Crippen molar-refractivity contribution in [3.63, 3.8) is 0 Å². The van der Waals surface area contributed by atoms with Gasteiger partial charge in [0.2, 0.25) is 0 Å². The van der Waals surface area contributed by atoms with Gasteiger partial charge in [-0.1, -0.05) is 25.3 Å². The van der Waals surface area contributed by atoms with Crippen molar-refractivity contribution in [1.29, 1.82) is 0 Å². The predicted molar refractivity (Wildman–Crippen MR) is 149 cm³/mol. The van der Waals surface area contributed by atoms with Crippen LogP contribution in [0.2, 0.25) is 0 Å². The standard InChI is InChI=1S/C32H35FN2O4/c1-19-16-34(17-20(2)39-19)31(36)24-13-23-14-25(33)10-12-26(23)30-29(21-7-5-4-6-8-21)27-11-9-22(32(37)38-3)15-28(27)35(30)18-24/h9-15,19-21H,4-8,16-18H2,1-3H3/t19-,20+. The van der Waals surface area contributed by atoms with Crippen LogP contribution in [0, 0.1) is 5.82 Å². The Morgan fingerprint density at radius 3 is 2.46 bits per heavy atom. The fourth-order valence-corrected chi connectivity index (χ4v) is 6.83. The van der Waals surface area contributed by atoms with Gasteiger partial charge < -0.3 is 18.9 Å². The van der Waals surface area contributed by atoms with Crippen molar-refractivity contribution >= 4 is 28.9 Å². The lowest BCUT2D eigenvalue weighted by molar-refractivity contribution is -0.139. The van der Waals surface area contributed by atoms with Crippen molar-refractivity contribution in [3.8, 4) is 11.3 Å². The van der Waals surface area contributed by atoms with E-state index in [0.717, 1.165) is 35.0 Å². The van der Waals surface area contributed by atoms with Crippen molar-refractivity contribution in [2.45, 2.75) is 70.6 Å². The van der Waals surface area contributed by atoms with E-state index >= 15 is 0 Å². The molecule has 0 radical (unpaired) electrons. The van der Waals surface area contributed by atoms with Gasteiger partial charge in [-0.05, 0) is 80.1 Å². The van der Waals surface area contributed by atoms with Gasteiger partial charge in [0.15, 0.2) is 0 Å². The van der Waals surface area contributed by atoms with Gasteiger partial charge in [0.1, 0.15) is 5.82 Å². The first-order chi connectivity index (χ1) is 18.8. The number of hydrogen-bond donors (Lipinski definition) is 0. The van der Waals surface area contributed by atoms with E-state index in [1.807, 2.05) is 49.1 Å². The predicted octanol–water partition coefficient (Wildman–Crippen LogP) is 6.31. The number of methoxy groups -OCH3 is 1. The molecule has 1 saturated heterocycles. The summed E-state index contributed by atoms with van der Waals surface area (Å²) in [5.41, 5.74) is 5.85. The molecule has 2 fully saturated rings. The highest BCUT2D eigenvalue weighted by atomic mass is 19.1. The van der Waals surface area contributed by atoms with Gasteiger partial charge in [-0.25, -0.2) is 9.18 Å². The highest BCUT2D eigenvalue weighted by molar-refractivity contribution is 6.03. The Morgan fingerprint density at radius 1 is 1.00 bits per heavy atom. The van der Waals surface area contributed by atoms with Gasteiger partial charge in [0.05, 0.1) is 37.1 Å². The van der Waals surface area contributed by atoms with E-state index in [2.05, 4.69) is 4.57 Å². The smallest absolute Gasteiger partial charge is 0.337 e. The number of halogens is 1. The molecule has 0 N–H and O–H groups in total. The largest absolute Gasteiger partial charge is 0.465 e. The number of esters is 1. The first kappa shape index (κ1) is 25.8. The van der Waals surface area contributed by atoms with Crippen LogP contribution in [0.5, 0.6) is 0 Å². The molecule has 1 saturated carbocycles. The molecule has 3 heterocycles. The van der Waals surface area contributed by atoms with E-state index in [-0.39, 0.29) is 23.9 Å². The summed E-state index contributed by atoms with van der Waals surface area (Å²) in [4.78, 5) is 28.4. The molecule has 204 valence electrons. The number of morpholine rings is 1. The normalized spacial score (nSPS) is 21.6. The number of benzene rings is 2. The highest BCUT2D eigenvalue weighted by Crippen LogP contribution is 2.46. The minimum absolute atomic E-state index is 0.0581. The molecule has 3 aliphatic rings. The van der Waals surface area contributed by atoms with Crippen molar-refractivity contribution in [1.82, 2.24) is 9.47 Å². The number of amides is 1. The van der Waals surface area contributed by atoms with Crippen molar-refractivity contribution in [3.05, 3.63) is 64.5 Å². The molecule has 7 heteroatoms. The number of ether oxygens (including phenoxy) is 2. The SMILES string of the molecule is COC(=O)c1ccc2c(C3CCCCC3)c3n(c2c1)CC(C(=O)N1C[C@@H](C)O[C@@H](C)C1)=Cc1cc(F)ccc1-3. The number of nitrogens with zero attached hydrogens (tertiary/aromatic N) is 2. The summed E-state index contributed by atoms with van der Waals surface area (Å²) in [5.74, 6) is -0.434. The maximum atomic E-state index is 14.6. The molecular formula is C32H35FN2O4. The van der Waals surface area contributed by atoms with Crippen molar-refractivity contribution < 1.29 is 23.5 Å². The van der Waals surface area contributed by atoms with E-state index in [0.29, 0.717) is 42.3 Å². The maximum absolute atomic E-state index is 14.6. The third-order valence-electron chi connectivity index (χ3n) is 8.45. The van der Waals surface area contributed by atoms with Gasteiger partial charge in [-0.15, -0.1) is 0 Å². The molecule has 1 aromatic heterocycles. The third kappa shape index (κ3) is 4.67. The van der Waals surface area contributed by atoms with Crippen molar-refractivity contribution in [2.24, 2.45) is 0 Å². The van der Waals surface area contributed by atoms with E-state index in [9.17, 15) is 14.0 Å². The van der Waals surface area contributed by atoms with Gasteiger partial charge >= 0.3 is 5.97 Å². The number of hydrogen-bond acceptors (Lipinski definition) is 4. The summed E-state index contributed by atoms with van der Waals surface area (Å²) < 4.78 is 27.7. The van der Waals surface area contributed by atoms with E-state index in [4.69, 9.17) is 9.47 Å². The minimum atomic E-state index is -0.397. The summed E-state index contributed by atoms with van der Waals surface area (Å²) in [6.07, 6.45) is 7.49. The number of aromatic nitrogens is 1. The monoisotopic (exact) mass is 530 g/mol. The molecule has 0 bridgehead atoms. The number of carbonyl (C=O) groups excluding carboxylic acids is 2. The zero-order chi connectivity index (χ0) is 27.3. The van der Waals surface area contributed by atoms with E-state index in [1.54, 1.807) is 0 Å². The minimum Gasteiger partial charge on any atom is -0.465 e. The second-order valence-electron chi connectivity index (χ2n) is 11.3.